The summed E-state index contributed by atoms with van der Waals surface area (Å²) in [6, 6.07) is 20.4. The number of carbonyl (C=O) groups is 2. The van der Waals surface area contributed by atoms with Crippen LogP contribution in [-0.4, -0.2) is 57.2 Å². The number of ether oxygens (including phenoxy) is 1. The molecule has 7 nitrogen and oxygen atoms in total. The van der Waals surface area contributed by atoms with Gasteiger partial charge in [-0.25, -0.2) is 4.98 Å². The van der Waals surface area contributed by atoms with E-state index in [2.05, 4.69) is 4.98 Å². The molecule has 4 aromatic rings. The van der Waals surface area contributed by atoms with Gasteiger partial charge in [0.15, 0.2) is 0 Å². The maximum absolute atomic E-state index is 13.4. The number of carbonyl (C=O) groups excluding carboxylic acids is 2. The molecule has 0 N–H and O–H groups in total. The molecule has 2 aromatic carbocycles. The first-order chi connectivity index (χ1) is 17.0. The highest BCUT2D eigenvalue weighted by Crippen LogP contribution is 2.21. The number of benzene rings is 2. The van der Waals surface area contributed by atoms with Crippen LogP contribution in [0.1, 0.15) is 27.2 Å². The quantitative estimate of drug-likeness (QED) is 0.432. The third-order valence-corrected chi connectivity index (χ3v) is 6.38. The maximum Gasteiger partial charge on any atom is 0.254 e. The summed E-state index contributed by atoms with van der Waals surface area (Å²) in [6.07, 6.45) is 4.48. The van der Waals surface area contributed by atoms with Gasteiger partial charge in [0.1, 0.15) is 24.0 Å². The number of hydrogen-bond acceptors (Lipinski definition) is 4. The summed E-state index contributed by atoms with van der Waals surface area (Å²) in [5, 5.41) is 0. The van der Waals surface area contributed by atoms with Crippen molar-refractivity contribution in [2.75, 3.05) is 20.1 Å². The third-order valence-electron chi connectivity index (χ3n) is 6.38. The molecule has 0 radical (unpaired) electrons. The van der Waals surface area contributed by atoms with Gasteiger partial charge in [-0.3, -0.25) is 9.59 Å². The fraction of sp³-hybridized carbons (Fsp3) is 0.250. The van der Waals surface area contributed by atoms with Crippen molar-refractivity contribution < 1.29 is 14.3 Å². The minimum absolute atomic E-state index is 0.0314. The summed E-state index contributed by atoms with van der Waals surface area (Å²) >= 11 is 0. The van der Waals surface area contributed by atoms with Crippen molar-refractivity contribution in [1.29, 1.82) is 0 Å². The molecule has 35 heavy (non-hydrogen) atoms. The summed E-state index contributed by atoms with van der Waals surface area (Å²) in [5.41, 5.74) is 4.44. The van der Waals surface area contributed by atoms with E-state index >= 15 is 0 Å². The number of hydrogen-bond donors (Lipinski definition) is 0. The zero-order chi connectivity index (χ0) is 24.4. The Morgan fingerprint density at radius 2 is 1.77 bits per heavy atom. The van der Waals surface area contributed by atoms with Crippen LogP contribution >= 0.6 is 0 Å². The molecule has 1 aliphatic heterocycles. The zero-order valence-electron chi connectivity index (χ0n) is 19.9. The van der Waals surface area contributed by atoms with Gasteiger partial charge >= 0.3 is 0 Å². The van der Waals surface area contributed by atoms with Crippen LogP contribution in [0.4, 0.5) is 0 Å². The van der Waals surface area contributed by atoms with Gasteiger partial charge in [0.05, 0.1) is 5.69 Å². The monoisotopic (exact) mass is 468 g/mol. The topological polar surface area (TPSA) is 67.2 Å². The van der Waals surface area contributed by atoms with Crippen molar-refractivity contribution >= 4 is 17.5 Å². The Hall–Kier alpha value is -4.13. The van der Waals surface area contributed by atoms with E-state index in [4.69, 9.17) is 4.74 Å². The first-order valence-corrected chi connectivity index (χ1v) is 11.7. The van der Waals surface area contributed by atoms with Crippen molar-refractivity contribution in [1.82, 2.24) is 19.2 Å². The lowest BCUT2D eigenvalue weighted by Gasteiger charge is -2.39. The van der Waals surface area contributed by atoms with Gasteiger partial charge in [-0.15, -0.1) is 0 Å². The summed E-state index contributed by atoms with van der Waals surface area (Å²) in [5.74, 6) is 0.482. The predicted molar refractivity (Wildman–Crippen MR) is 133 cm³/mol. The second kappa shape index (κ2) is 9.62. The molecule has 0 saturated carbocycles. The Kier molecular flexibility index (Phi) is 6.23. The summed E-state index contributed by atoms with van der Waals surface area (Å²) in [6.45, 7) is 3.40. The highest BCUT2D eigenvalue weighted by Gasteiger charge is 2.36. The zero-order valence-corrected chi connectivity index (χ0v) is 19.9. The van der Waals surface area contributed by atoms with Gasteiger partial charge in [0, 0.05) is 44.5 Å². The van der Waals surface area contributed by atoms with Crippen LogP contribution in [0, 0.1) is 6.92 Å². The smallest absolute Gasteiger partial charge is 0.254 e. The molecule has 2 aromatic heterocycles. The van der Waals surface area contributed by atoms with Crippen molar-refractivity contribution in [3.8, 4) is 5.75 Å². The van der Waals surface area contributed by atoms with Crippen LogP contribution in [0.2, 0.25) is 0 Å². The lowest BCUT2D eigenvalue weighted by atomic mass is 10.0. The minimum Gasteiger partial charge on any atom is -0.487 e. The number of amides is 2. The molecule has 1 saturated heterocycles. The number of imidazole rings is 1. The summed E-state index contributed by atoms with van der Waals surface area (Å²) < 4.78 is 7.89. The Balaban J connectivity index is 1.27. The molecule has 0 aliphatic carbocycles. The van der Waals surface area contributed by atoms with E-state index in [0.717, 1.165) is 22.5 Å². The van der Waals surface area contributed by atoms with E-state index in [0.29, 0.717) is 37.4 Å². The van der Waals surface area contributed by atoms with E-state index in [1.807, 2.05) is 66.2 Å². The van der Waals surface area contributed by atoms with Crippen LogP contribution in [-0.2, 0) is 17.8 Å². The molecule has 2 amide bonds. The molecule has 0 spiro atoms. The van der Waals surface area contributed by atoms with Crippen molar-refractivity contribution in [2.24, 2.45) is 0 Å². The largest absolute Gasteiger partial charge is 0.487 e. The van der Waals surface area contributed by atoms with E-state index in [-0.39, 0.29) is 11.8 Å². The van der Waals surface area contributed by atoms with Crippen LogP contribution in [0.3, 0.4) is 0 Å². The number of rotatable bonds is 6. The first kappa shape index (κ1) is 22.7. The second-order valence-corrected chi connectivity index (χ2v) is 8.98. The van der Waals surface area contributed by atoms with Gasteiger partial charge in [0.25, 0.3) is 5.91 Å². The highest BCUT2D eigenvalue weighted by molar-refractivity contribution is 5.98. The molecule has 178 valence electrons. The molecule has 1 atom stereocenters. The molecule has 0 bridgehead atoms. The van der Waals surface area contributed by atoms with Crippen LogP contribution in [0.15, 0.2) is 79.1 Å². The van der Waals surface area contributed by atoms with Gasteiger partial charge in [-0.2, -0.15) is 0 Å². The Labute approximate surface area is 204 Å². The SMILES string of the molecule is Cc1ccc2nc(COc3ccc(C(=O)N4CCN(C)C(=O)C4Cc4ccccc4)cc3)cn2c1. The molecule has 7 heteroatoms. The Bertz CT molecular complexity index is 1350. The van der Waals surface area contributed by atoms with E-state index in [1.54, 1.807) is 41.1 Å². The van der Waals surface area contributed by atoms with Gasteiger partial charge in [-0.05, 0) is 48.4 Å². The third kappa shape index (κ3) is 4.89. The lowest BCUT2D eigenvalue weighted by Crippen LogP contribution is -2.58. The molecular weight excluding hydrogens is 440 g/mol. The Morgan fingerprint density at radius 1 is 1.00 bits per heavy atom. The number of aryl methyl sites for hydroxylation is 1. The van der Waals surface area contributed by atoms with E-state index in [1.165, 1.54) is 0 Å². The lowest BCUT2D eigenvalue weighted by molar-refractivity contribution is -0.138. The second-order valence-electron chi connectivity index (χ2n) is 8.98. The molecule has 5 rings (SSSR count). The maximum atomic E-state index is 13.4. The number of aromatic nitrogens is 2. The number of piperazine rings is 1. The number of fused-ring (bicyclic) bond motifs is 1. The number of likely N-dealkylation sites (N-methyl/N-ethyl adjacent to an activating group) is 1. The molecule has 1 fully saturated rings. The van der Waals surface area contributed by atoms with Crippen molar-refractivity contribution in [2.45, 2.75) is 26.0 Å². The Morgan fingerprint density at radius 3 is 2.54 bits per heavy atom. The van der Waals surface area contributed by atoms with Crippen LogP contribution in [0.25, 0.3) is 5.65 Å². The van der Waals surface area contributed by atoms with E-state index < -0.39 is 6.04 Å². The van der Waals surface area contributed by atoms with Crippen LogP contribution < -0.4 is 4.74 Å². The average Bonchev–Trinajstić information content (AvgIpc) is 3.28. The summed E-state index contributed by atoms with van der Waals surface area (Å²) in [4.78, 5) is 34.3. The number of nitrogens with zero attached hydrogens (tertiary/aromatic N) is 4. The minimum atomic E-state index is -0.515. The highest BCUT2D eigenvalue weighted by atomic mass is 16.5. The van der Waals surface area contributed by atoms with Gasteiger partial charge in [0.2, 0.25) is 5.91 Å². The molecule has 1 unspecified atom stereocenters. The van der Waals surface area contributed by atoms with E-state index in [9.17, 15) is 9.59 Å². The number of pyridine rings is 1. The fourth-order valence-corrected chi connectivity index (χ4v) is 4.43. The first-order valence-electron chi connectivity index (χ1n) is 11.7. The van der Waals surface area contributed by atoms with Crippen molar-refractivity contribution in [3.05, 3.63) is 102 Å². The normalized spacial score (nSPS) is 16.1. The predicted octanol–water partition coefficient (Wildman–Crippen LogP) is 3.75. The average molecular weight is 469 g/mol. The fourth-order valence-electron chi connectivity index (χ4n) is 4.43. The standard InChI is InChI=1S/C28H28N4O3/c1-20-8-13-26-29-23(18-31(26)17-20)19-35-24-11-9-22(10-12-24)27(33)32-15-14-30(2)28(34)25(32)16-21-6-4-3-5-7-21/h3-13,17-18,25H,14-16,19H2,1-2H3. The molecular formula is C28H28N4O3. The summed E-state index contributed by atoms with van der Waals surface area (Å²) in [7, 11) is 1.79. The van der Waals surface area contributed by atoms with Gasteiger partial charge in [-0.1, -0.05) is 36.4 Å². The van der Waals surface area contributed by atoms with Gasteiger partial charge < -0.3 is 18.9 Å². The van der Waals surface area contributed by atoms with Crippen molar-refractivity contribution in [3.63, 3.8) is 0 Å². The molecule has 1 aliphatic rings. The molecule has 3 heterocycles. The van der Waals surface area contributed by atoms with Crippen LogP contribution in [0.5, 0.6) is 5.75 Å².